The lowest BCUT2D eigenvalue weighted by Crippen LogP contribution is -2.26. The summed E-state index contributed by atoms with van der Waals surface area (Å²) in [5.41, 5.74) is 6.95. The first-order chi connectivity index (χ1) is 11.3. The van der Waals surface area contributed by atoms with Gasteiger partial charge in [-0.15, -0.1) is 0 Å². The number of halogens is 1. The van der Waals surface area contributed by atoms with Gasteiger partial charge < -0.3 is 21.0 Å². The number of phenols is 1. The molecule has 1 aliphatic carbocycles. The summed E-state index contributed by atoms with van der Waals surface area (Å²) >= 11 is 0. The minimum Gasteiger partial charge on any atom is -0.505 e. The Balaban J connectivity index is 2.36. The molecule has 7 nitrogen and oxygen atoms in total. The van der Waals surface area contributed by atoms with Crippen LogP contribution in [0.5, 0.6) is 5.75 Å². The number of hydrogen-bond donors (Lipinski definition) is 3. The number of benzene rings is 1. The molecule has 4 N–H and O–H groups in total. The lowest BCUT2D eigenvalue weighted by Gasteiger charge is -2.18. The number of esters is 1. The first kappa shape index (κ1) is 16.3. The van der Waals surface area contributed by atoms with E-state index in [4.69, 9.17) is 10.5 Å². The Morgan fingerprint density at radius 2 is 2.21 bits per heavy atom. The van der Waals surface area contributed by atoms with Gasteiger partial charge in [0.15, 0.2) is 0 Å². The largest absolute Gasteiger partial charge is 0.505 e. The zero-order valence-electron chi connectivity index (χ0n) is 13.4. The first-order valence-electron chi connectivity index (χ1n) is 7.59. The van der Waals surface area contributed by atoms with E-state index in [2.05, 4.69) is 5.43 Å². The second-order valence-electron chi connectivity index (χ2n) is 5.82. The van der Waals surface area contributed by atoms with E-state index in [0.29, 0.717) is 12.8 Å². The van der Waals surface area contributed by atoms with Gasteiger partial charge in [0.1, 0.15) is 22.6 Å². The minimum absolute atomic E-state index is 0.0118. The highest BCUT2D eigenvalue weighted by Crippen LogP contribution is 2.49. The van der Waals surface area contributed by atoms with Crippen LogP contribution in [0.1, 0.15) is 35.7 Å². The Labute approximate surface area is 136 Å². The maximum atomic E-state index is 14.5. The van der Waals surface area contributed by atoms with Crippen LogP contribution in [0.3, 0.4) is 0 Å². The average molecular weight is 335 g/mol. The smallest absolute Gasteiger partial charge is 0.343 e. The number of carbonyl (C=O) groups is 1. The van der Waals surface area contributed by atoms with E-state index in [1.165, 1.54) is 17.9 Å². The van der Waals surface area contributed by atoms with Crippen LogP contribution in [0.25, 0.3) is 10.9 Å². The maximum absolute atomic E-state index is 14.5. The quantitative estimate of drug-likeness (QED) is 0.724. The highest BCUT2D eigenvalue weighted by molar-refractivity contribution is 5.96. The van der Waals surface area contributed by atoms with Crippen LogP contribution < -0.4 is 16.6 Å². The molecule has 0 aliphatic heterocycles. The van der Waals surface area contributed by atoms with E-state index >= 15 is 0 Å². The molecule has 0 radical (unpaired) electrons. The molecule has 1 saturated carbocycles. The van der Waals surface area contributed by atoms with E-state index in [1.807, 2.05) is 0 Å². The molecule has 1 heterocycles. The van der Waals surface area contributed by atoms with Crippen LogP contribution in [0.2, 0.25) is 0 Å². The topological polar surface area (TPSA) is 107 Å². The molecule has 1 fully saturated rings. The van der Waals surface area contributed by atoms with Crippen LogP contribution >= 0.6 is 0 Å². The number of phenolic OH excluding ortho intramolecular Hbond substituents is 1. The number of hydrogen-bond acceptors (Lipinski definition) is 6. The van der Waals surface area contributed by atoms with E-state index in [0.717, 1.165) is 6.07 Å². The number of rotatable bonds is 4. The van der Waals surface area contributed by atoms with Gasteiger partial charge in [-0.2, -0.15) is 0 Å². The van der Waals surface area contributed by atoms with Crippen molar-refractivity contribution in [2.45, 2.75) is 25.3 Å². The van der Waals surface area contributed by atoms with Crippen LogP contribution in [0.15, 0.2) is 17.1 Å². The van der Waals surface area contributed by atoms with Crippen molar-refractivity contribution < 1.29 is 19.0 Å². The lowest BCUT2D eigenvalue weighted by molar-refractivity contribution is 0.0524. The number of fused-ring (bicyclic) bond motifs is 1. The standard InChI is InChI=1S/C16H18FN3O4/c1-3-24-15(23)9-7-20(19-2)12-8(13(9)21)6-10(17)11(14(12)22)16(18)4-5-16/h6-7,19,22H,3-5,18H2,1-2H3. The molecule has 0 bridgehead atoms. The summed E-state index contributed by atoms with van der Waals surface area (Å²) < 4.78 is 20.6. The lowest BCUT2D eigenvalue weighted by atomic mass is 10.00. The van der Waals surface area contributed by atoms with E-state index in [9.17, 15) is 19.1 Å². The van der Waals surface area contributed by atoms with Crippen molar-refractivity contribution >= 4 is 16.9 Å². The van der Waals surface area contributed by atoms with Crippen molar-refractivity contribution in [3.63, 3.8) is 0 Å². The van der Waals surface area contributed by atoms with Gasteiger partial charge in [-0.1, -0.05) is 0 Å². The predicted octanol–water partition coefficient (Wildman–Crippen LogP) is 1.14. The number of carbonyl (C=O) groups excluding carboxylic acids is 1. The van der Waals surface area contributed by atoms with Gasteiger partial charge in [-0.3, -0.25) is 9.47 Å². The Bertz CT molecular complexity index is 903. The number of aromatic nitrogens is 1. The molecular weight excluding hydrogens is 317 g/mol. The molecule has 0 saturated heterocycles. The highest BCUT2D eigenvalue weighted by atomic mass is 19.1. The van der Waals surface area contributed by atoms with Gasteiger partial charge in [-0.05, 0) is 25.8 Å². The second-order valence-corrected chi connectivity index (χ2v) is 5.82. The molecule has 1 aliphatic rings. The molecule has 24 heavy (non-hydrogen) atoms. The molecule has 2 aromatic rings. The third kappa shape index (κ3) is 2.30. The Morgan fingerprint density at radius 1 is 1.54 bits per heavy atom. The summed E-state index contributed by atoms with van der Waals surface area (Å²) in [6.45, 7) is 1.72. The minimum atomic E-state index is -0.920. The zero-order chi connectivity index (χ0) is 17.6. The van der Waals surface area contributed by atoms with Crippen molar-refractivity contribution in [2.75, 3.05) is 19.1 Å². The highest BCUT2D eigenvalue weighted by Gasteiger charge is 2.45. The summed E-state index contributed by atoms with van der Waals surface area (Å²) in [6.07, 6.45) is 2.32. The molecular formula is C16H18FN3O4. The number of ether oxygens (including phenoxy) is 1. The fourth-order valence-corrected chi connectivity index (χ4v) is 2.83. The molecule has 0 spiro atoms. The molecule has 1 aromatic carbocycles. The van der Waals surface area contributed by atoms with Gasteiger partial charge >= 0.3 is 5.97 Å². The van der Waals surface area contributed by atoms with Gasteiger partial charge in [0.25, 0.3) is 0 Å². The Kier molecular flexibility index (Phi) is 3.71. The molecule has 0 unspecified atom stereocenters. The summed E-state index contributed by atoms with van der Waals surface area (Å²) in [5, 5.41) is 10.4. The van der Waals surface area contributed by atoms with Crippen molar-refractivity contribution in [3.8, 4) is 5.75 Å². The van der Waals surface area contributed by atoms with Gasteiger partial charge in [-0.25, -0.2) is 9.18 Å². The number of aromatic hydroxyl groups is 1. The van der Waals surface area contributed by atoms with Gasteiger partial charge in [0.05, 0.1) is 17.6 Å². The first-order valence-corrected chi connectivity index (χ1v) is 7.59. The van der Waals surface area contributed by atoms with Crippen molar-refractivity contribution in [3.05, 3.63) is 39.4 Å². The third-order valence-electron chi connectivity index (χ3n) is 4.24. The molecule has 128 valence electrons. The maximum Gasteiger partial charge on any atom is 0.343 e. The predicted molar refractivity (Wildman–Crippen MR) is 86.2 cm³/mol. The third-order valence-corrected chi connectivity index (χ3v) is 4.24. The van der Waals surface area contributed by atoms with Crippen LogP contribution in [0.4, 0.5) is 4.39 Å². The number of nitrogens with zero attached hydrogens (tertiary/aromatic N) is 1. The Morgan fingerprint density at radius 3 is 2.75 bits per heavy atom. The molecule has 1 aromatic heterocycles. The number of pyridine rings is 1. The van der Waals surface area contributed by atoms with Crippen LogP contribution in [-0.4, -0.2) is 29.4 Å². The molecule has 0 amide bonds. The summed E-state index contributed by atoms with van der Waals surface area (Å²) in [4.78, 5) is 24.5. The summed E-state index contributed by atoms with van der Waals surface area (Å²) in [5.74, 6) is -1.97. The molecule has 0 atom stereocenters. The normalized spacial score (nSPS) is 15.3. The van der Waals surface area contributed by atoms with E-state index in [1.54, 1.807) is 6.92 Å². The fourth-order valence-electron chi connectivity index (χ4n) is 2.83. The van der Waals surface area contributed by atoms with Crippen LogP contribution in [-0.2, 0) is 10.3 Å². The van der Waals surface area contributed by atoms with E-state index in [-0.39, 0.29) is 28.6 Å². The SMILES string of the molecule is CCOC(=O)c1cn(NC)c2c(O)c(C3(N)CC3)c(F)cc2c1=O. The summed E-state index contributed by atoms with van der Waals surface area (Å²) in [6, 6.07) is 1.01. The average Bonchev–Trinajstić information content (AvgIpc) is 3.26. The van der Waals surface area contributed by atoms with Gasteiger partial charge in [0, 0.05) is 18.8 Å². The van der Waals surface area contributed by atoms with E-state index < -0.39 is 28.5 Å². The monoisotopic (exact) mass is 335 g/mol. The van der Waals surface area contributed by atoms with Crippen molar-refractivity contribution in [2.24, 2.45) is 5.73 Å². The molecule has 8 heteroatoms. The van der Waals surface area contributed by atoms with Crippen molar-refractivity contribution in [1.82, 2.24) is 4.68 Å². The number of nitrogens with one attached hydrogen (secondary N) is 1. The summed E-state index contributed by atoms with van der Waals surface area (Å²) in [7, 11) is 1.54. The molecule has 3 rings (SSSR count). The zero-order valence-corrected chi connectivity index (χ0v) is 13.4. The van der Waals surface area contributed by atoms with Gasteiger partial charge in [0.2, 0.25) is 5.43 Å². The van der Waals surface area contributed by atoms with Crippen molar-refractivity contribution in [1.29, 1.82) is 0 Å². The van der Waals surface area contributed by atoms with Crippen LogP contribution in [0, 0.1) is 5.82 Å². The Hall–Kier alpha value is -2.61. The second kappa shape index (κ2) is 5.48. The fraction of sp³-hybridized carbons (Fsp3) is 0.375. The number of nitrogens with two attached hydrogens (primary N) is 1.